The number of aromatic hydroxyl groups is 1. The fourth-order valence-corrected chi connectivity index (χ4v) is 4.35. The van der Waals surface area contributed by atoms with Crippen molar-refractivity contribution in [1.82, 2.24) is 4.47 Å². The highest BCUT2D eigenvalue weighted by atomic mass is 32.2. The Morgan fingerprint density at radius 1 is 1.27 bits per heavy atom. The van der Waals surface area contributed by atoms with Crippen molar-refractivity contribution in [2.75, 3.05) is 24.3 Å². The summed E-state index contributed by atoms with van der Waals surface area (Å²) in [5.74, 6) is -0.0167. The average Bonchev–Trinajstić information content (AvgIpc) is 3.19. The zero-order chi connectivity index (χ0) is 21.8. The van der Waals surface area contributed by atoms with Gasteiger partial charge in [-0.15, -0.1) is 4.47 Å². The molecule has 0 spiro atoms. The number of hydrogen-bond acceptors (Lipinski definition) is 9. The second-order valence-electron chi connectivity index (χ2n) is 7.33. The van der Waals surface area contributed by atoms with Crippen LogP contribution in [-0.4, -0.2) is 41.5 Å². The van der Waals surface area contributed by atoms with Crippen molar-refractivity contribution in [1.29, 1.82) is 0 Å². The molecule has 1 aliphatic rings. The monoisotopic (exact) mass is 435 g/mol. The second kappa shape index (κ2) is 9.82. The summed E-state index contributed by atoms with van der Waals surface area (Å²) in [6.07, 6.45) is 2.86. The molecule has 1 aliphatic heterocycles. The number of hydrogen-bond donors (Lipinski definition) is 3. The fourth-order valence-electron chi connectivity index (χ4n) is 3.59. The number of anilines is 3. The molecule has 0 radical (unpaired) electrons. The fraction of sp³-hybridized carbons (Fsp3) is 0.524. The number of benzene rings is 1. The molecule has 0 bridgehead atoms. The van der Waals surface area contributed by atoms with Crippen LogP contribution in [0.25, 0.3) is 0 Å². The Hall–Kier alpha value is -2.07. The summed E-state index contributed by atoms with van der Waals surface area (Å²) in [7, 11) is 1.55. The minimum atomic E-state index is -0.599. The largest absolute Gasteiger partial charge is 0.505 e. The lowest BCUT2D eigenvalue weighted by molar-refractivity contribution is -0.0333. The number of para-hydroxylation sites is 1. The minimum Gasteiger partial charge on any atom is -0.505 e. The van der Waals surface area contributed by atoms with Gasteiger partial charge in [0.1, 0.15) is 11.4 Å². The van der Waals surface area contributed by atoms with Crippen LogP contribution in [0.2, 0.25) is 0 Å². The molecule has 1 heterocycles. The van der Waals surface area contributed by atoms with Crippen LogP contribution in [-0.2, 0) is 9.57 Å². The number of hydroxylamine groups is 1. The van der Waals surface area contributed by atoms with Gasteiger partial charge in [-0.25, -0.2) is 0 Å². The molecule has 0 amide bonds. The van der Waals surface area contributed by atoms with Gasteiger partial charge in [0.05, 0.1) is 35.9 Å². The molecular formula is C21H29N3O5S. The quantitative estimate of drug-likeness (QED) is 0.224. The number of rotatable bonds is 10. The Kier molecular flexibility index (Phi) is 7.41. The third-order valence-electron chi connectivity index (χ3n) is 5.31. The summed E-state index contributed by atoms with van der Waals surface area (Å²) in [5.41, 5.74) is -0.386. The normalized spacial score (nSPS) is 20.0. The molecule has 2 aromatic carbocycles. The van der Waals surface area contributed by atoms with E-state index in [1.54, 1.807) is 29.8 Å². The van der Waals surface area contributed by atoms with Gasteiger partial charge in [-0.3, -0.25) is 14.4 Å². The van der Waals surface area contributed by atoms with E-state index in [9.17, 15) is 14.7 Å². The Morgan fingerprint density at radius 3 is 2.60 bits per heavy atom. The standard InChI is InChI=1S/C21H29N3O5S/c1-5-13(15-11-10-12(3)29-15)22-17-18(21(27)20(17)26)23-14-8-7-9-16(19(14)25)30-24(6-2)28-4/h7-9,12-13,15,22-23,25H,5-6,10-11H2,1-4H3/t12?,13-,15?/m1/s1. The molecule has 0 saturated carbocycles. The molecular weight excluding hydrogens is 406 g/mol. The van der Waals surface area contributed by atoms with Gasteiger partial charge < -0.3 is 20.5 Å². The van der Waals surface area contributed by atoms with Crippen LogP contribution in [0.4, 0.5) is 17.1 Å². The molecule has 3 N–H and O–H groups in total. The maximum Gasteiger partial charge on any atom is 0.253 e. The molecule has 1 fully saturated rings. The summed E-state index contributed by atoms with van der Waals surface area (Å²) in [5, 5.41) is 16.8. The van der Waals surface area contributed by atoms with E-state index in [0.717, 1.165) is 19.3 Å². The van der Waals surface area contributed by atoms with Gasteiger partial charge in [-0.2, -0.15) is 0 Å². The van der Waals surface area contributed by atoms with Crippen molar-refractivity contribution in [3.63, 3.8) is 0 Å². The number of ether oxygens (including phenoxy) is 1. The molecule has 1 saturated heterocycles. The van der Waals surface area contributed by atoms with E-state index < -0.39 is 10.9 Å². The zero-order valence-corrected chi connectivity index (χ0v) is 18.5. The van der Waals surface area contributed by atoms with E-state index in [1.165, 1.54) is 11.9 Å². The maximum atomic E-state index is 12.2. The second-order valence-corrected chi connectivity index (χ2v) is 8.36. The van der Waals surface area contributed by atoms with Crippen molar-refractivity contribution in [2.24, 2.45) is 0 Å². The van der Waals surface area contributed by atoms with Crippen molar-refractivity contribution in [2.45, 2.75) is 63.2 Å². The lowest BCUT2D eigenvalue weighted by Gasteiger charge is -2.26. The van der Waals surface area contributed by atoms with Gasteiger partial charge in [-0.05, 0) is 57.2 Å². The van der Waals surface area contributed by atoms with Gasteiger partial charge in [0.2, 0.25) is 0 Å². The molecule has 30 heavy (non-hydrogen) atoms. The first-order chi connectivity index (χ1) is 14.4. The van der Waals surface area contributed by atoms with Crippen LogP contribution >= 0.6 is 11.9 Å². The van der Waals surface area contributed by atoms with Gasteiger partial charge in [0.15, 0.2) is 5.75 Å². The first kappa shape index (κ1) is 22.6. The van der Waals surface area contributed by atoms with Gasteiger partial charge >= 0.3 is 0 Å². The maximum absolute atomic E-state index is 12.2. The smallest absolute Gasteiger partial charge is 0.253 e. The van der Waals surface area contributed by atoms with E-state index in [-0.39, 0.29) is 35.4 Å². The van der Waals surface area contributed by atoms with Crippen molar-refractivity contribution < 1.29 is 14.7 Å². The molecule has 9 heteroatoms. The average molecular weight is 436 g/mol. The predicted octanol–water partition coefficient (Wildman–Crippen LogP) is 3.38. The highest BCUT2D eigenvalue weighted by Gasteiger charge is 2.31. The first-order valence-electron chi connectivity index (χ1n) is 10.2. The van der Waals surface area contributed by atoms with Crippen LogP contribution in [0.1, 0.15) is 40.0 Å². The van der Waals surface area contributed by atoms with Crippen LogP contribution < -0.4 is 21.5 Å². The highest BCUT2D eigenvalue weighted by molar-refractivity contribution is 7.97. The molecule has 164 valence electrons. The SMILES string of the molecule is CC[C@@H](Nc1c(Nc2cccc(SN(CC)OC)c2O)c(=O)c1=O)C1CCC(C)O1. The molecule has 3 rings (SSSR count). The predicted molar refractivity (Wildman–Crippen MR) is 119 cm³/mol. The molecule has 8 nitrogen and oxygen atoms in total. The van der Waals surface area contributed by atoms with Crippen LogP contribution in [0.3, 0.4) is 0 Å². The van der Waals surface area contributed by atoms with Crippen molar-refractivity contribution in [3.8, 4) is 5.75 Å². The first-order valence-corrected chi connectivity index (χ1v) is 11.0. The zero-order valence-electron chi connectivity index (χ0n) is 17.7. The lowest BCUT2D eigenvalue weighted by atomic mass is 10.0. The van der Waals surface area contributed by atoms with E-state index >= 15 is 0 Å². The Balaban J connectivity index is 1.79. The summed E-state index contributed by atoms with van der Waals surface area (Å²) < 4.78 is 7.54. The van der Waals surface area contributed by atoms with E-state index in [2.05, 4.69) is 10.6 Å². The van der Waals surface area contributed by atoms with Crippen molar-refractivity contribution in [3.05, 3.63) is 38.6 Å². The summed E-state index contributed by atoms with van der Waals surface area (Å²) >= 11 is 1.24. The van der Waals surface area contributed by atoms with Crippen LogP contribution in [0.15, 0.2) is 32.7 Å². The number of nitrogens with one attached hydrogen (secondary N) is 2. The summed E-state index contributed by atoms with van der Waals surface area (Å²) in [6.45, 7) is 6.60. The third kappa shape index (κ3) is 4.64. The molecule has 0 aliphatic carbocycles. The lowest BCUT2D eigenvalue weighted by Crippen LogP contribution is -2.42. The topological polar surface area (TPSA) is 100 Å². The van der Waals surface area contributed by atoms with Crippen molar-refractivity contribution >= 4 is 29.0 Å². The molecule has 2 aromatic rings. The highest BCUT2D eigenvalue weighted by Crippen LogP contribution is 2.38. The third-order valence-corrected chi connectivity index (χ3v) is 6.45. The van der Waals surface area contributed by atoms with E-state index in [0.29, 0.717) is 17.1 Å². The number of phenols is 1. The van der Waals surface area contributed by atoms with Gasteiger partial charge in [-0.1, -0.05) is 13.0 Å². The molecule has 3 atom stereocenters. The summed E-state index contributed by atoms with van der Waals surface area (Å²) in [4.78, 5) is 30.2. The summed E-state index contributed by atoms with van der Waals surface area (Å²) in [6, 6.07) is 5.10. The van der Waals surface area contributed by atoms with Gasteiger partial charge in [0, 0.05) is 6.54 Å². The Morgan fingerprint density at radius 2 is 2.00 bits per heavy atom. The number of phenolic OH excluding ortho intramolecular Hbond substituents is 1. The van der Waals surface area contributed by atoms with E-state index in [4.69, 9.17) is 9.57 Å². The number of nitrogens with zero attached hydrogens (tertiary/aromatic N) is 1. The van der Waals surface area contributed by atoms with Crippen LogP contribution in [0.5, 0.6) is 5.75 Å². The van der Waals surface area contributed by atoms with Gasteiger partial charge in [0.25, 0.3) is 10.9 Å². The van der Waals surface area contributed by atoms with Crippen LogP contribution in [0, 0.1) is 0 Å². The molecule has 2 unspecified atom stereocenters. The molecule has 0 aromatic heterocycles. The Labute approximate surface area is 180 Å². The Bertz CT molecular complexity index is 939. The minimum absolute atomic E-state index is 0.00412. The van der Waals surface area contributed by atoms with E-state index in [1.807, 2.05) is 20.8 Å².